The van der Waals surface area contributed by atoms with Crippen molar-refractivity contribution in [1.29, 1.82) is 0 Å². The maximum absolute atomic E-state index is 8.96. The number of aliphatic hydroxyl groups excluding tert-OH is 1. The van der Waals surface area contributed by atoms with Crippen LogP contribution in [0.3, 0.4) is 0 Å². The first kappa shape index (κ1) is 16.2. The van der Waals surface area contributed by atoms with Crippen molar-refractivity contribution in [3.63, 3.8) is 0 Å². The third-order valence-corrected chi connectivity index (χ3v) is 3.20. The first-order valence-electron chi connectivity index (χ1n) is 6.17. The van der Waals surface area contributed by atoms with Crippen LogP contribution < -0.4 is 11.1 Å². The van der Waals surface area contributed by atoms with Gasteiger partial charge in [0.05, 0.1) is 0 Å². The molecule has 0 heterocycles. The minimum Gasteiger partial charge on any atom is -0.409 e. The van der Waals surface area contributed by atoms with E-state index in [-0.39, 0.29) is 17.9 Å². The molecule has 5 heteroatoms. The molecule has 0 amide bonds. The van der Waals surface area contributed by atoms with Gasteiger partial charge in [0, 0.05) is 18.1 Å². The Morgan fingerprint density at radius 1 is 1.41 bits per heavy atom. The molecule has 1 unspecified atom stereocenters. The SMILES string of the molecule is CC(C)C(CCO)NCCC(C)(C)C(N)=NO. The monoisotopic (exact) mass is 245 g/mol. The molecule has 0 aromatic carbocycles. The van der Waals surface area contributed by atoms with Gasteiger partial charge in [-0.15, -0.1) is 0 Å². The van der Waals surface area contributed by atoms with Crippen molar-refractivity contribution in [2.24, 2.45) is 22.2 Å². The van der Waals surface area contributed by atoms with Gasteiger partial charge in [-0.25, -0.2) is 0 Å². The van der Waals surface area contributed by atoms with E-state index in [0.29, 0.717) is 12.0 Å². The summed E-state index contributed by atoms with van der Waals surface area (Å²) in [6, 6.07) is 0.308. The molecular formula is C12H27N3O2. The molecular weight excluding hydrogens is 218 g/mol. The largest absolute Gasteiger partial charge is 0.409 e. The molecule has 0 aliphatic carbocycles. The molecule has 0 spiro atoms. The van der Waals surface area contributed by atoms with Gasteiger partial charge in [0.25, 0.3) is 0 Å². The summed E-state index contributed by atoms with van der Waals surface area (Å²) in [5.74, 6) is 0.733. The second-order valence-electron chi connectivity index (χ2n) is 5.44. The van der Waals surface area contributed by atoms with E-state index in [9.17, 15) is 0 Å². The highest BCUT2D eigenvalue weighted by atomic mass is 16.4. The number of rotatable bonds is 8. The van der Waals surface area contributed by atoms with E-state index < -0.39 is 0 Å². The lowest BCUT2D eigenvalue weighted by Crippen LogP contribution is -2.39. The molecule has 0 radical (unpaired) electrons. The molecule has 1 atom stereocenters. The van der Waals surface area contributed by atoms with Crippen LogP contribution in [-0.2, 0) is 0 Å². The zero-order valence-electron chi connectivity index (χ0n) is 11.4. The summed E-state index contributed by atoms with van der Waals surface area (Å²) >= 11 is 0. The molecule has 0 aromatic rings. The molecule has 5 N–H and O–H groups in total. The normalized spacial score (nSPS) is 15.3. The van der Waals surface area contributed by atoms with E-state index in [1.807, 2.05) is 13.8 Å². The predicted molar refractivity (Wildman–Crippen MR) is 70.1 cm³/mol. The molecule has 5 nitrogen and oxygen atoms in total. The van der Waals surface area contributed by atoms with Crippen LogP contribution in [0.4, 0.5) is 0 Å². The standard InChI is InChI=1S/C12H27N3O2/c1-9(2)10(5-8-16)14-7-6-12(3,4)11(13)15-17/h9-10,14,16-17H,5-8H2,1-4H3,(H2,13,15). The quantitative estimate of drug-likeness (QED) is 0.223. The topological polar surface area (TPSA) is 90.9 Å². The summed E-state index contributed by atoms with van der Waals surface area (Å²) in [5, 5.41) is 24.1. The van der Waals surface area contributed by atoms with Crippen molar-refractivity contribution >= 4 is 5.84 Å². The highest BCUT2D eigenvalue weighted by Gasteiger charge is 2.23. The van der Waals surface area contributed by atoms with Crippen molar-refractivity contribution in [2.45, 2.75) is 46.6 Å². The van der Waals surface area contributed by atoms with Crippen LogP contribution in [0.25, 0.3) is 0 Å². The Bertz CT molecular complexity index is 240. The van der Waals surface area contributed by atoms with Crippen molar-refractivity contribution in [2.75, 3.05) is 13.2 Å². The molecule has 0 fully saturated rings. The van der Waals surface area contributed by atoms with Gasteiger partial charge < -0.3 is 21.4 Å². The van der Waals surface area contributed by atoms with Gasteiger partial charge in [-0.05, 0) is 25.3 Å². The van der Waals surface area contributed by atoms with Gasteiger partial charge in [-0.3, -0.25) is 0 Å². The highest BCUT2D eigenvalue weighted by molar-refractivity contribution is 5.85. The van der Waals surface area contributed by atoms with Crippen molar-refractivity contribution < 1.29 is 10.3 Å². The smallest absolute Gasteiger partial charge is 0.144 e. The lowest BCUT2D eigenvalue weighted by atomic mass is 9.87. The summed E-state index contributed by atoms with van der Waals surface area (Å²) in [4.78, 5) is 0. The van der Waals surface area contributed by atoms with Gasteiger partial charge in [0.2, 0.25) is 0 Å². The molecule has 102 valence electrons. The molecule has 17 heavy (non-hydrogen) atoms. The van der Waals surface area contributed by atoms with Crippen molar-refractivity contribution in [1.82, 2.24) is 5.32 Å². The summed E-state index contributed by atoms with van der Waals surface area (Å²) in [5.41, 5.74) is 5.30. The number of aliphatic hydroxyl groups is 1. The Hall–Kier alpha value is -0.810. The lowest BCUT2D eigenvalue weighted by molar-refractivity contribution is 0.241. The molecule has 0 aliphatic rings. The van der Waals surface area contributed by atoms with Crippen LogP contribution in [0.1, 0.15) is 40.5 Å². The summed E-state index contributed by atoms with van der Waals surface area (Å²) in [7, 11) is 0. The average Bonchev–Trinajstić information content (AvgIpc) is 2.26. The van der Waals surface area contributed by atoms with Crippen LogP contribution in [-0.4, -0.2) is 35.3 Å². The summed E-state index contributed by atoms with van der Waals surface area (Å²) < 4.78 is 0. The van der Waals surface area contributed by atoms with Gasteiger partial charge in [0.1, 0.15) is 5.84 Å². The van der Waals surface area contributed by atoms with Crippen LogP contribution >= 0.6 is 0 Å². The van der Waals surface area contributed by atoms with Crippen LogP contribution in [0.2, 0.25) is 0 Å². The zero-order valence-corrected chi connectivity index (χ0v) is 11.4. The lowest BCUT2D eigenvalue weighted by Gasteiger charge is -2.26. The van der Waals surface area contributed by atoms with E-state index in [1.54, 1.807) is 0 Å². The predicted octanol–water partition coefficient (Wildman–Crippen LogP) is 1.15. The second kappa shape index (κ2) is 7.50. The van der Waals surface area contributed by atoms with Crippen LogP contribution in [0, 0.1) is 11.3 Å². The van der Waals surface area contributed by atoms with Gasteiger partial charge in [-0.1, -0.05) is 32.9 Å². The van der Waals surface area contributed by atoms with E-state index in [2.05, 4.69) is 24.3 Å². The molecule has 0 aliphatic heterocycles. The number of hydrogen-bond donors (Lipinski definition) is 4. The highest BCUT2D eigenvalue weighted by Crippen LogP contribution is 2.19. The molecule has 0 saturated heterocycles. The van der Waals surface area contributed by atoms with Crippen molar-refractivity contribution in [3.05, 3.63) is 0 Å². The van der Waals surface area contributed by atoms with Crippen LogP contribution in [0.5, 0.6) is 0 Å². The fourth-order valence-corrected chi connectivity index (χ4v) is 1.64. The molecule has 0 bridgehead atoms. The Labute approximate surface area is 104 Å². The maximum Gasteiger partial charge on any atom is 0.144 e. The van der Waals surface area contributed by atoms with E-state index in [0.717, 1.165) is 19.4 Å². The van der Waals surface area contributed by atoms with Gasteiger partial charge >= 0.3 is 0 Å². The third kappa shape index (κ3) is 5.89. The second-order valence-corrected chi connectivity index (χ2v) is 5.44. The summed E-state index contributed by atoms with van der Waals surface area (Å²) in [6.45, 7) is 9.12. The third-order valence-electron chi connectivity index (χ3n) is 3.20. The van der Waals surface area contributed by atoms with Gasteiger partial charge in [-0.2, -0.15) is 0 Å². The fourth-order valence-electron chi connectivity index (χ4n) is 1.64. The minimum absolute atomic E-state index is 0.194. The molecule has 0 rings (SSSR count). The molecule has 0 aromatic heterocycles. The average molecular weight is 245 g/mol. The maximum atomic E-state index is 8.96. The van der Waals surface area contributed by atoms with E-state index >= 15 is 0 Å². The van der Waals surface area contributed by atoms with Gasteiger partial charge in [0.15, 0.2) is 0 Å². The summed E-state index contributed by atoms with van der Waals surface area (Å²) in [6.07, 6.45) is 1.54. The van der Waals surface area contributed by atoms with Crippen LogP contribution in [0.15, 0.2) is 5.16 Å². The van der Waals surface area contributed by atoms with E-state index in [1.165, 1.54) is 0 Å². The first-order valence-corrected chi connectivity index (χ1v) is 6.17. The molecule has 0 saturated carbocycles. The Morgan fingerprint density at radius 2 is 2.00 bits per heavy atom. The van der Waals surface area contributed by atoms with Crippen molar-refractivity contribution in [3.8, 4) is 0 Å². The Morgan fingerprint density at radius 3 is 2.41 bits per heavy atom. The number of hydrogen-bond acceptors (Lipinski definition) is 4. The fraction of sp³-hybridized carbons (Fsp3) is 0.917. The Balaban J connectivity index is 4.12. The number of nitrogens with two attached hydrogens (primary N) is 1. The number of oxime groups is 1. The number of nitrogens with one attached hydrogen (secondary N) is 1. The minimum atomic E-state index is -0.317. The Kier molecular flexibility index (Phi) is 7.15. The number of nitrogens with zero attached hydrogens (tertiary/aromatic N) is 1. The first-order chi connectivity index (χ1) is 7.85. The zero-order chi connectivity index (χ0) is 13.5. The van der Waals surface area contributed by atoms with E-state index in [4.69, 9.17) is 16.0 Å². The number of amidine groups is 1.